The van der Waals surface area contributed by atoms with Gasteiger partial charge in [0.15, 0.2) is 11.6 Å². The lowest BCUT2D eigenvalue weighted by Gasteiger charge is -2.31. The van der Waals surface area contributed by atoms with Gasteiger partial charge in [-0.3, -0.25) is 0 Å². The second-order valence-electron chi connectivity index (χ2n) is 6.46. The number of aromatic nitrogens is 2. The molecule has 1 aromatic carbocycles. The Morgan fingerprint density at radius 1 is 1.39 bits per heavy atom. The quantitative estimate of drug-likeness (QED) is 0.725. The fraction of sp³-hybridized carbons (Fsp3) is 0.250. The highest BCUT2D eigenvalue weighted by molar-refractivity contribution is 7.14. The minimum Gasteiger partial charge on any atom is -0.494 e. The van der Waals surface area contributed by atoms with Gasteiger partial charge in [0.25, 0.3) is 0 Å². The van der Waals surface area contributed by atoms with E-state index in [0.29, 0.717) is 30.8 Å². The summed E-state index contributed by atoms with van der Waals surface area (Å²) in [5.74, 6) is -0.861. The fourth-order valence-electron chi connectivity index (χ4n) is 3.60. The van der Waals surface area contributed by atoms with E-state index in [9.17, 15) is 14.8 Å². The zero-order valence-corrected chi connectivity index (χ0v) is 16.2. The lowest BCUT2D eigenvalue weighted by atomic mass is 9.90. The second kappa shape index (κ2) is 7.09. The molecule has 3 heterocycles. The number of fused-ring (bicyclic) bond motifs is 1. The summed E-state index contributed by atoms with van der Waals surface area (Å²) in [6.07, 6.45) is 0.570. The Morgan fingerprint density at radius 3 is 2.89 bits per heavy atom. The number of nitrogens with zero attached hydrogens (tertiary/aromatic N) is 4. The van der Waals surface area contributed by atoms with Crippen molar-refractivity contribution in [2.24, 2.45) is 0 Å². The van der Waals surface area contributed by atoms with Crippen LogP contribution in [0.3, 0.4) is 0 Å². The fourth-order valence-corrected chi connectivity index (χ4v) is 4.44. The van der Waals surface area contributed by atoms with E-state index in [4.69, 9.17) is 4.74 Å². The molecule has 6 nitrogen and oxygen atoms in total. The van der Waals surface area contributed by atoms with Crippen molar-refractivity contribution < 1.29 is 14.2 Å². The van der Waals surface area contributed by atoms with Crippen molar-refractivity contribution in [1.29, 1.82) is 5.26 Å². The third kappa shape index (κ3) is 2.84. The maximum atomic E-state index is 15.0. The van der Waals surface area contributed by atoms with E-state index in [1.165, 1.54) is 13.2 Å². The first-order valence-electron chi connectivity index (χ1n) is 8.67. The van der Waals surface area contributed by atoms with Crippen molar-refractivity contribution in [3.8, 4) is 28.8 Å². The monoisotopic (exact) mass is 396 g/mol. The lowest BCUT2D eigenvalue weighted by molar-refractivity contribution is 0.387. The van der Waals surface area contributed by atoms with E-state index in [1.807, 2.05) is 13.0 Å². The van der Waals surface area contributed by atoms with Crippen LogP contribution in [0.1, 0.15) is 22.5 Å². The molecule has 0 bridgehead atoms. The SMILES string of the molecule is COc1cccc(-c2c(C#N)c(O)nc3c2CCN(c2scnc2C)C3)c1F. The van der Waals surface area contributed by atoms with Crippen LogP contribution in [0.15, 0.2) is 23.7 Å². The molecule has 28 heavy (non-hydrogen) atoms. The average molecular weight is 396 g/mol. The molecule has 0 amide bonds. The average Bonchev–Trinajstić information content (AvgIpc) is 3.13. The van der Waals surface area contributed by atoms with Gasteiger partial charge in [-0.05, 0) is 25.0 Å². The number of thiazole rings is 1. The van der Waals surface area contributed by atoms with Crippen LogP contribution in [0.25, 0.3) is 11.1 Å². The number of methoxy groups -OCH3 is 1. The zero-order chi connectivity index (χ0) is 19.8. The Kier molecular flexibility index (Phi) is 4.61. The van der Waals surface area contributed by atoms with Crippen molar-refractivity contribution >= 4 is 16.3 Å². The Balaban J connectivity index is 1.89. The van der Waals surface area contributed by atoms with Crippen molar-refractivity contribution in [3.05, 3.63) is 52.0 Å². The number of aromatic hydroxyl groups is 1. The summed E-state index contributed by atoms with van der Waals surface area (Å²) >= 11 is 1.55. The number of ether oxygens (including phenoxy) is 1. The standard InChI is InChI=1S/C20H17FN4O2S/c1-11-20(28-10-23-11)25-7-6-12-15(9-25)24-19(26)14(8-22)17(12)13-4-3-5-16(27-2)18(13)21/h3-5,10H,6-7,9H2,1-2H3,(H,24,26). The highest BCUT2D eigenvalue weighted by Crippen LogP contribution is 2.40. The molecule has 2 aromatic heterocycles. The Bertz CT molecular complexity index is 1110. The molecule has 0 atom stereocenters. The number of aryl methyl sites for hydroxylation is 1. The first kappa shape index (κ1) is 18.2. The normalized spacial score (nSPS) is 13.1. The van der Waals surface area contributed by atoms with Crippen LogP contribution in [0.5, 0.6) is 11.6 Å². The molecule has 0 saturated carbocycles. The van der Waals surface area contributed by atoms with Crippen LogP contribution in [0, 0.1) is 24.1 Å². The summed E-state index contributed by atoms with van der Waals surface area (Å²) in [5, 5.41) is 21.0. The van der Waals surface area contributed by atoms with E-state index in [-0.39, 0.29) is 22.8 Å². The van der Waals surface area contributed by atoms with Crippen LogP contribution in [-0.4, -0.2) is 28.7 Å². The molecule has 0 spiro atoms. The van der Waals surface area contributed by atoms with Crippen LogP contribution in [0.4, 0.5) is 9.39 Å². The number of pyridine rings is 1. The molecule has 3 aromatic rings. The van der Waals surface area contributed by atoms with E-state index in [0.717, 1.165) is 16.3 Å². The van der Waals surface area contributed by atoms with E-state index < -0.39 is 5.82 Å². The molecule has 1 aliphatic heterocycles. The van der Waals surface area contributed by atoms with Gasteiger partial charge in [-0.15, -0.1) is 11.3 Å². The summed E-state index contributed by atoms with van der Waals surface area (Å²) in [5.41, 5.74) is 4.74. The molecule has 0 fully saturated rings. The maximum Gasteiger partial charge on any atom is 0.230 e. The zero-order valence-electron chi connectivity index (χ0n) is 15.4. The molecule has 0 aliphatic carbocycles. The highest BCUT2D eigenvalue weighted by atomic mass is 32.1. The van der Waals surface area contributed by atoms with Gasteiger partial charge in [-0.1, -0.05) is 12.1 Å². The minimum atomic E-state index is -0.560. The van der Waals surface area contributed by atoms with Crippen LogP contribution >= 0.6 is 11.3 Å². The summed E-state index contributed by atoms with van der Waals surface area (Å²) in [4.78, 5) is 10.7. The van der Waals surface area contributed by atoms with E-state index >= 15 is 0 Å². The third-order valence-corrected chi connectivity index (χ3v) is 5.90. The van der Waals surface area contributed by atoms with Crippen LogP contribution < -0.4 is 9.64 Å². The topological polar surface area (TPSA) is 82.3 Å². The molecule has 1 aliphatic rings. The number of halogens is 1. The largest absolute Gasteiger partial charge is 0.494 e. The van der Waals surface area contributed by atoms with E-state index in [2.05, 4.69) is 14.9 Å². The van der Waals surface area contributed by atoms with Crippen molar-refractivity contribution in [2.45, 2.75) is 19.9 Å². The molecular formula is C20H17FN4O2S. The molecule has 142 valence electrons. The van der Waals surface area contributed by atoms with E-state index in [1.54, 1.807) is 29.0 Å². The smallest absolute Gasteiger partial charge is 0.230 e. The molecular weight excluding hydrogens is 379 g/mol. The van der Waals surface area contributed by atoms with Gasteiger partial charge in [0.2, 0.25) is 5.88 Å². The van der Waals surface area contributed by atoms with Gasteiger partial charge in [-0.2, -0.15) is 5.26 Å². The van der Waals surface area contributed by atoms with Gasteiger partial charge < -0.3 is 14.7 Å². The summed E-state index contributed by atoms with van der Waals surface area (Å²) in [6, 6.07) is 6.76. The number of hydrogen-bond acceptors (Lipinski definition) is 7. The first-order valence-corrected chi connectivity index (χ1v) is 9.55. The maximum absolute atomic E-state index is 15.0. The van der Waals surface area contributed by atoms with Crippen molar-refractivity contribution in [2.75, 3.05) is 18.6 Å². The molecule has 8 heteroatoms. The minimum absolute atomic E-state index is 0.0201. The van der Waals surface area contributed by atoms with Crippen LogP contribution in [-0.2, 0) is 13.0 Å². The van der Waals surface area contributed by atoms with Crippen molar-refractivity contribution in [3.63, 3.8) is 0 Å². The number of rotatable bonds is 3. The molecule has 0 unspecified atom stereocenters. The highest BCUT2D eigenvalue weighted by Gasteiger charge is 2.28. The van der Waals surface area contributed by atoms with Crippen molar-refractivity contribution in [1.82, 2.24) is 9.97 Å². The summed E-state index contributed by atoms with van der Waals surface area (Å²) < 4.78 is 20.1. The molecule has 4 rings (SSSR count). The molecule has 0 saturated heterocycles. The summed E-state index contributed by atoms with van der Waals surface area (Å²) in [7, 11) is 1.39. The van der Waals surface area contributed by atoms with Gasteiger partial charge in [0.1, 0.15) is 16.6 Å². The Hall–Kier alpha value is -3.18. The lowest BCUT2D eigenvalue weighted by Crippen LogP contribution is -2.31. The predicted molar refractivity (Wildman–Crippen MR) is 104 cm³/mol. The Morgan fingerprint density at radius 2 is 2.21 bits per heavy atom. The number of benzene rings is 1. The molecule has 0 radical (unpaired) electrons. The van der Waals surface area contributed by atoms with Crippen LogP contribution in [0.2, 0.25) is 0 Å². The summed E-state index contributed by atoms with van der Waals surface area (Å²) in [6.45, 7) is 3.09. The van der Waals surface area contributed by atoms with Gasteiger partial charge in [-0.25, -0.2) is 14.4 Å². The number of nitriles is 1. The number of anilines is 1. The van der Waals surface area contributed by atoms with Gasteiger partial charge >= 0.3 is 0 Å². The molecule has 1 N–H and O–H groups in total. The Labute approximate surface area is 165 Å². The first-order chi connectivity index (χ1) is 13.5. The van der Waals surface area contributed by atoms with Gasteiger partial charge in [0.05, 0.1) is 30.6 Å². The predicted octanol–water partition coefficient (Wildman–Crippen LogP) is 3.80. The third-order valence-electron chi connectivity index (χ3n) is 4.91. The van der Waals surface area contributed by atoms with Gasteiger partial charge in [0, 0.05) is 17.7 Å². The second-order valence-corrected chi connectivity index (χ2v) is 7.29. The number of hydrogen-bond donors (Lipinski definition) is 1.